The number of methoxy groups -OCH3 is 1. The number of aryl methyl sites for hydroxylation is 3. The number of nitrogens with zero attached hydrogens (tertiary/aromatic N) is 4. The lowest BCUT2D eigenvalue weighted by Crippen LogP contribution is -2.42. The van der Waals surface area contributed by atoms with Gasteiger partial charge in [-0.05, 0) is 55.7 Å². The lowest BCUT2D eigenvalue weighted by molar-refractivity contribution is 0.0718. The highest BCUT2D eigenvalue weighted by Crippen LogP contribution is 2.36. The molecule has 0 radical (unpaired) electrons. The van der Waals surface area contributed by atoms with Crippen molar-refractivity contribution in [2.75, 3.05) is 39.0 Å². The third-order valence-electron chi connectivity index (χ3n) is 6.57. The van der Waals surface area contributed by atoms with E-state index in [-0.39, 0.29) is 0 Å². The summed E-state index contributed by atoms with van der Waals surface area (Å²) >= 11 is 1.73. The predicted octanol–water partition coefficient (Wildman–Crippen LogP) is 5.16. The minimum atomic E-state index is 0.348. The molecule has 1 aromatic heterocycles. The molecule has 0 saturated carbocycles. The number of hydrogen-bond donors (Lipinski definition) is 0. The van der Waals surface area contributed by atoms with Gasteiger partial charge >= 0.3 is 0 Å². The monoisotopic (exact) mass is 464 g/mol. The molecule has 1 aliphatic rings. The minimum Gasteiger partial charge on any atom is -0.383 e. The molecule has 33 heavy (non-hydrogen) atoms. The first-order valence-electron chi connectivity index (χ1n) is 11.5. The zero-order chi connectivity index (χ0) is 23.7. The summed E-state index contributed by atoms with van der Waals surface area (Å²) in [7, 11) is 6.05. The van der Waals surface area contributed by atoms with Gasteiger partial charge in [0.25, 0.3) is 0 Å². The standard InChI is InChI=1S/C27H36N4OS/c1-18-12-19(2)25(20(3)13-18)31-27(29(4)5)24(26(28-31)33-7)16-30-15-22-11-9-8-10-21(22)14-23(30)17-32-6/h8-13,23H,14-17H2,1-7H3. The Morgan fingerprint density at radius 3 is 2.36 bits per heavy atom. The molecule has 0 spiro atoms. The lowest BCUT2D eigenvalue weighted by atomic mass is 9.94. The first-order chi connectivity index (χ1) is 15.8. The van der Waals surface area contributed by atoms with Crippen LogP contribution in [0.15, 0.2) is 41.4 Å². The number of hydrogen-bond acceptors (Lipinski definition) is 5. The van der Waals surface area contributed by atoms with Crippen molar-refractivity contribution in [1.82, 2.24) is 14.7 Å². The molecule has 3 aromatic rings. The zero-order valence-corrected chi connectivity index (χ0v) is 21.8. The van der Waals surface area contributed by atoms with Gasteiger partial charge in [0.2, 0.25) is 0 Å². The number of rotatable bonds is 7. The SMILES string of the molecule is COCC1Cc2ccccc2CN1Cc1c(SC)nn(-c2c(C)cc(C)cc2C)c1N(C)C. The number of thioether (sulfide) groups is 1. The summed E-state index contributed by atoms with van der Waals surface area (Å²) in [6, 6.07) is 13.7. The number of fused-ring (bicyclic) bond motifs is 1. The maximum atomic E-state index is 5.64. The fourth-order valence-corrected chi connectivity index (χ4v) is 5.80. The largest absolute Gasteiger partial charge is 0.383 e. The molecule has 2 aromatic carbocycles. The van der Waals surface area contributed by atoms with Crippen molar-refractivity contribution in [2.45, 2.75) is 51.3 Å². The first-order valence-corrected chi connectivity index (χ1v) is 12.8. The first kappa shape index (κ1) is 23.9. The van der Waals surface area contributed by atoms with Gasteiger partial charge in [-0.3, -0.25) is 4.90 Å². The van der Waals surface area contributed by atoms with Crippen LogP contribution in [-0.2, 0) is 24.2 Å². The van der Waals surface area contributed by atoms with Gasteiger partial charge in [-0.1, -0.05) is 42.0 Å². The Hall–Kier alpha value is -2.28. The lowest BCUT2D eigenvalue weighted by Gasteiger charge is -2.37. The van der Waals surface area contributed by atoms with E-state index in [1.165, 1.54) is 39.1 Å². The van der Waals surface area contributed by atoms with Crippen LogP contribution < -0.4 is 4.90 Å². The zero-order valence-electron chi connectivity index (χ0n) is 21.0. The van der Waals surface area contributed by atoms with E-state index >= 15 is 0 Å². The number of ether oxygens (including phenoxy) is 1. The third kappa shape index (κ3) is 4.70. The molecule has 0 bridgehead atoms. The maximum Gasteiger partial charge on any atom is 0.137 e. The molecule has 4 rings (SSSR count). The van der Waals surface area contributed by atoms with Crippen LogP contribution in [0, 0.1) is 20.8 Å². The Morgan fingerprint density at radius 1 is 1.09 bits per heavy atom. The van der Waals surface area contributed by atoms with Gasteiger partial charge in [-0.2, -0.15) is 5.10 Å². The Morgan fingerprint density at radius 2 is 1.76 bits per heavy atom. The summed E-state index contributed by atoms with van der Waals surface area (Å²) < 4.78 is 7.80. The van der Waals surface area contributed by atoms with Crippen molar-refractivity contribution in [2.24, 2.45) is 0 Å². The number of aromatic nitrogens is 2. The highest BCUT2D eigenvalue weighted by atomic mass is 32.2. The second kappa shape index (κ2) is 9.92. The molecule has 1 atom stereocenters. The minimum absolute atomic E-state index is 0.348. The quantitative estimate of drug-likeness (QED) is 0.451. The maximum absolute atomic E-state index is 5.64. The van der Waals surface area contributed by atoms with Crippen LogP contribution in [-0.4, -0.2) is 54.8 Å². The van der Waals surface area contributed by atoms with Crippen molar-refractivity contribution in [1.29, 1.82) is 0 Å². The fraction of sp³-hybridized carbons (Fsp3) is 0.444. The Labute approximate surface area is 202 Å². The molecule has 176 valence electrons. The van der Waals surface area contributed by atoms with Crippen molar-refractivity contribution in [3.8, 4) is 5.69 Å². The molecule has 0 amide bonds. The predicted molar refractivity (Wildman–Crippen MR) is 139 cm³/mol. The molecule has 2 heterocycles. The highest BCUT2D eigenvalue weighted by Gasteiger charge is 2.30. The summed E-state index contributed by atoms with van der Waals surface area (Å²) in [4.78, 5) is 4.78. The van der Waals surface area contributed by atoms with Gasteiger partial charge in [0.15, 0.2) is 0 Å². The van der Waals surface area contributed by atoms with E-state index in [0.29, 0.717) is 6.04 Å². The Kier molecular flexibility index (Phi) is 7.17. The second-order valence-corrected chi connectivity index (χ2v) is 10.1. The van der Waals surface area contributed by atoms with Crippen LogP contribution in [0.5, 0.6) is 0 Å². The summed E-state index contributed by atoms with van der Waals surface area (Å²) in [5.74, 6) is 1.16. The van der Waals surface area contributed by atoms with Gasteiger partial charge < -0.3 is 9.64 Å². The molecular formula is C27H36N4OS. The topological polar surface area (TPSA) is 33.5 Å². The van der Waals surface area contributed by atoms with E-state index in [1.807, 2.05) is 0 Å². The van der Waals surface area contributed by atoms with Crippen LogP contribution in [0.3, 0.4) is 0 Å². The van der Waals surface area contributed by atoms with Crippen LogP contribution in [0.1, 0.15) is 33.4 Å². The van der Waals surface area contributed by atoms with Crippen LogP contribution in [0.4, 0.5) is 5.82 Å². The van der Waals surface area contributed by atoms with E-state index in [1.54, 1.807) is 18.9 Å². The van der Waals surface area contributed by atoms with Crippen molar-refractivity contribution < 1.29 is 4.74 Å². The van der Waals surface area contributed by atoms with Gasteiger partial charge in [-0.15, -0.1) is 11.8 Å². The molecule has 0 aliphatic carbocycles. The average Bonchev–Trinajstić information content (AvgIpc) is 3.11. The summed E-state index contributed by atoms with van der Waals surface area (Å²) in [5, 5.41) is 6.22. The third-order valence-corrected chi connectivity index (χ3v) is 7.28. The molecule has 0 fully saturated rings. The molecule has 1 aliphatic heterocycles. The smallest absolute Gasteiger partial charge is 0.137 e. The molecule has 5 nitrogen and oxygen atoms in total. The van der Waals surface area contributed by atoms with Crippen molar-refractivity contribution >= 4 is 17.6 Å². The Balaban J connectivity index is 1.80. The number of anilines is 1. The summed E-state index contributed by atoms with van der Waals surface area (Å²) in [6.45, 7) is 9.03. The normalized spacial score (nSPS) is 16.2. The highest BCUT2D eigenvalue weighted by molar-refractivity contribution is 7.98. The van der Waals surface area contributed by atoms with Gasteiger partial charge in [0.05, 0.1) is 12.3 Å². The average molecular weight is 465 g/mol. The van der Waals surface area contributed by atoms with Crippen LogP contribution in [0.25, 0.3) is 5.69 Å². The van der Waals surface area contributed by atoms with E-state index in [0.717, 1.165) is 37.0 Å². The van der Waals surface area contributed by atoms with Crippen LogP contribution in [0.2, 0.25) is 0 Å². The van der Waals surface area contributed by atoms with E-state index in [4.69, 9.17) is 9.84 Å². The van der Waals surface area contributed by atoms with Crippen molar-refractivity contribution in [3.63, 3.8) is 0 Å². The molecule has 0 N–H and O–H groups in total. The molecule has 0 saturated heterocycles. The van der Waals surface area contributed by atoms with E-state index in [2.05, 4.69) is 92.0 Å². The van der Waals surface area contributed by atoms with Gasteiger partial charge in [0.1, 0.15) is 10.8 Å². The van der Waals surface area contributed by atoms with Gasteiger partial charge in [0, 0.05) is 45.9 Å². The molecule has 6 heteroatoms. The van der Waals surface area contributed by atoms with Crippen molar-refractivity contribution in [3.05, 3.63) is 69.8 Å². The number of benzene rings is 2. The molecule has 1 unspecified atom stereocenters. The van der Waals surface area contributed by atoms with E-state index in [9.17, 15) is 0 Å². The summed E-state index contributed by atoms with van der Waals surface area (Å²) in [6.07, 6.45) is 3.14. The van der Waals surface area contributed by atoms with Gasteiger partial charge in [-0.25, -0.2) is 4.68 Å². The van der Waals surface area contributed by atoms with Crippen LogP contribution >= 0.6 is 11.8 Å². The fourth-order valence-electron chi connectivity index (χ4n) is 5.23. The Bertz CT molecular complexity index is 1110. The summed E-state index contributed by atoms with van der Waals surface area (Å²) in [5.41, 5.74) is 9.11. The van der Waals surface area contributed by atoms with E-state index < -0.39 is 0 Å². The second-order valence-electron chi connectivity index (χ2n) is 9.35. The molecular weight excluding hydrogens is 428 g/mol.